The number of rotatable bonds is 8. The van der Waals surface area contributed by atoms with Crippen molar-refractivity contribution in [1.29, 1.82) is 0 Å². The van der Waals surface area contributed by atoms with Crippen LogP contribution in [0.1, 0.15) is 30.8 Å². The van der Waals surface area contributed by atoms with Crippen LogP contribution < -0.4 is 5.32 Å². The van der Waals surface area contributed by atoms with Crippen molar-refractivity contribution < 1.29 is 14.6 Å². The van der Waals surface area contributed by atoms with Gasteiger partial charge in [-0.15, -0.1) is 0 Å². The summed E-state index contributed by atoms with van der Waals surface area (Å²) in [5.41, 5.74) is 2.25. The zero-order valence-electron chi connectivity index (χ0n) is 13.0. The van der Waals surface area contributed by atoms with Crippen LogP contribution in [0.4, 0.5) is 0 Å². The Bertz CT molecular complexity index is 466. The van der Waals surface area contributed by atoms with Crippen LogP contribution in [0.2, 0.25) is 0 Å². The summed E-state index contributed by atoms with van der Waals surface area (Å²) < 4.78 is 6.78. The molecular formula is C14H25N3O3. The molecule has 0 bridgehead atoms. The zero-order valence-corrected chi connectivity index (χ0v) is 13.0. The molecule has 0 radical (unpaired) electrons. The predicted octanol–water partition coefficient (Wildman–Crippen LogP) is 1.35. The first-order valence-electron chi connectivity index (χ1n) is 6.75. The maximum absolute atomic E-state index is 11.2. The van der Waals surface area contributed by atoms with Gasteiger partial charge in [0.2, 0.25) is 0 Å². The van der Waals surface area contributed by atoms with Crippen LogP contribution >= 0.6 is 0 Å². The van der Waals surface area contributed by atoms with E-state index in [0.29, 0.717) is 19.7 Å². The van der Waals surface area contributed by atoms with Crippen molar-refractivity contribution in [3.8, 4) is 0 Å². The molecule has 6 nitrogen and oxygen atoms in total. The number of aliphatic carboxylic acids is 1. The second-order valence-corrected chi connectivity index (χ2v) is 5.67. The Balaban J connectivity index is 2.78. The average molecular weight is 283 g/mol. The third-order valence-electron chi connectivity index (χ3n) is 3.44. The topological polar surface area (TPSA) is 76.4 Å². The Morgan fingerprint density at radius 1 is 1.45 bits per heavy atom. The normalized spacial score (nSPS) is 11.8. The molecule has 0 unspecified atom stereocenters. The van der Waals surface area contributed by atoms with Crippen molar-refractivity contribution in [2.45, 2.75) is 40.8 Å². The largest absolute Gasteiger partial charge is 0.481 e. The van der Waals surface area contributed by atoms with Gasteiger partial charge in [-0.2, -0.15) is 5.10 Å². The molecule has 114 valence electrons. The Kier molecular flexibility index (Phi) is 5.71. The van der Waals surface area contributed by atoms with E-state index in [-0.39, 0.29) is 0 Å². The minimum atomic E-state index is -0.829. The number of ether oxygens (including phenoxy) is 1. The molecule has 20 heavy (non-hydrogen) atoms. The highest BCUT2D eigenvalue weighted by molar-refractivity contribution is 5.73. The summed E-state index contributed by atoms with van der Waals surface area (Å²) in [4.78, 5) is 11.2. The lowest BCUT2D eigenvalue weighted by Crippen LogP contribution is -2.30. The van der Waals surface area contributed by atoms with Crippen molar-refractivity contribution in [1.82, 2.24) is 15.1 Å². The Morgan fingerprint density at radius 3 is 2.65 bits per heavy atom. The second kappa shape index (κ2) is 6.85. The van der Waals surface area contributed by atoms with Gasteiger partial charge in [-0.3, -0.25) is 9.48 Å². The summed E-state index contributed by atoms with van der Waals surface area (Å²) in [6.45, 7) is 9.88. The molecule has 0 aromatic carbocycles. The van der Waals surface area contributed by atoms with Gasteiger partial charge in [-0.25, -0.2) is 0 Å². The van der Waals surface area contributed by atoms with Gasteiger partial charge in [0.1, 0.15) is 0 Å². The zero-order chi connectivity index (χ0) is 15.3. The maximum Gasteiger partial charge on any atom is 0.310 e. The van der Waals surface area contributed by atoms with Gasteiger partial charge in [-0.05, 0) is 27.7 Å². The first-order chi connectivity index (χ1) is 9.29. The lowest BCUT2D eigenvalue weighted by Gasteiger charge is -2.19. The summed E-state index contributed by atoms with van der Waals surface area (Å²) in [5, 5.41) is 16.9. The van der Waals surface area contributed by atoms with Gasteiger partial charge in [0.15, 0.2) is 0 Å². The molecule has 0 aliphatic rings. The number of nitrogens with zero attached hydrogens (tertiary/aromatic N) is 2. The second-order valence-electron chi connectivity index (χ2n) is 5.67. The fourth-order valence-corrected chi connectivity index (χ4v) is 1.97. The highest BCUT2D eigenvalue weighted by Gasteiger charge is 2.29. The van der Waals surface area contributed by atoms with Gasteiger partial charge < -0.3 is 15.2 Å². The van der Waals surface area contributed by atoms with E-state index >= 15 is 0 Å². The van der Waals surface area contributed by atoms with E-state index < -0.39 is 11.4 Å². The summed E-state index contributed by atoms with van der Waals surface area (Å²) in [7, 11) is 1.67. The van der Waals surface area contributed by atoms with Crippen molar-refractivity contribution in [3.63, 3.8) is 0 Å². The van der Waals surface area contributed by atoms with Crippen LogP contribution in [-0.2, 0) is 22.6 Å². The standard InChI is InChI=1S/C14H25N3O3/c1-10-12(8-15-6-7-20-5)11(2)17(16-10)9-14(3,4)13(18)19/h15H,6-9H2,1-5H3,(H,18,19). The van der Waals surface area contributed by atoms with E-state index in [2.05, 4.69) is 10.4 Å². The lowest BCUT2D eigenvalue weighted by atomic mass is 9.94. The van der Waals surface area contributed by atoms with E-state index in [1.807, 2.05) is 13.8 Å². The Hall–Kier alpha value is -1.40. The van der Waals surface area contributed by atoms with Gasteiger partial charge in [0.05, 0.1) is 24.3 Å². The number of carboxylic acids is 1. The predicted molar refractivity (Wildman–Crippen MR) is 76.7 cm³/mol. The van der Waals surface area contributed by atoms with Crippen LogP contribution in [0.15, 0.2) is 0 Å². The van der Waals surface area contributed by atoms with E-state index in [0.717, 1.165) is 23.5 Å². The summed E-state index contributed by atoms with van der Waals surface area (Å²) in [5.74, 6) is -0.815. The number of nitrogens with one attached hydrogen (secondary N) is 1. The summed E-state index contributed by atoms with van der Waals surface area (Å²) >= 11 is 0. The number of aromatic nitrogens is 2. The van der Waals surface area contributed by atoms with Gasteiger partial charge in [0, 0.05) is 31.5 Å². The Labute approximate surface area is 120 Å². The number of hydrogen-bond donors (Lipinski definition) is 2. The van der Waals surface area contributed by atoms with Crippen LogP contribution in [0, 0.1) is 19.3 Å². The Morgan fingerprint density at radius 2 is 2.10 bits per heavy atom. The van der Waals surface area contributed by atoms with Crippen LogP contribution in [0.3, 0.4) is 0 Å². The number of aryl methyl sites for hydroxylation is 1. The fraction of sp³-hybridized carbons (Fsp3) is 0.714. The van der Waals surface area contributed by atoms with Gasteiger partial charge in [-0.1, -0.05) is 0 Å². The van der Waals surface area contributed by atoms with Gasteiger partial charge in [0.25, 0.3) is 0 Å². The molecule has 0 aliphatic carbocycles. The van der Waals surface area contributed by atoms with E-state index in [1.54, 1.807) is 25.6 Å². The van der Waals surface area contributed by atoms with Crippen molar-refractivity contribution >= 4 is 5.97 Å². The minimum Gasteiger partial charge on any atom is -0.481 e. The third-order valence-corrected chi connectivity index (χ3v) is 3.44. The molecule has 0 saturated carbocycles. The highest BCUT2D eigenvalue weighted by Crippen LogP contribution is 2.21. The lowest BCUT2D eigenvalue weighted by molar-refractivity contribution is -0.147. The van der Waals surface area contributed by atoms with Crippen LogP contribution in [-0.4, -0.2) is 41.1 Å². The molecule has 1 rings (SSSR count). The van der Waals surface area contributed by atoms with E-state index in [1.165, 1.54) is 0 Å². The molecule has 0 saturated heterocycles. The van der Waals surface area contributed by atoms with Crippen molar-refractivity contribution in [3.05, 3.63) is 17.0 Å². The maximum atomic E-state index is 11.2. The number of carboxylic acid groups (broad SMARTS) is 1. The molecule has 1 aromatic rings. The quantitative estimate of drug-likeness (QED) is 0.704. The summed E-state index contributed by atoms with van der Waals surface area (Å²) in [6.07, 6.45) is 0. The molecule has 0 spiro atoms. The van der Waals surface area contributed by atoms with Crippen LogP contribution in [0.5, 0.6) is 0 Å². The van der Waals surface area contributed by atoms with Crippen molar-refractivity contribution in [2.24, 2.45) is 5.41 Å². The molecule has 0 amide bonds. The third kappa shape index (κ3) is 4.05. The monoisotopic (exact) mass is 283 g/mol. The van der Waals surface area contributed by atoms with Crippen molar-refractivity contribution in [2.75, 3.05) is 20.3 Å². The minimum absolute atomic E-state index is 0.368. The molecule has 0 atom stereocenters. The number of hydrogen-bond acceptors (Lipinski definition) is 4. The smallest absolute Gasteiger partial charge is 0.310 e. The summed E-state index contributed by atoms with van der Waals surface area (Å²) in [6, 6.07) is 0. The molecular weight excluding hydrogens is 258 g/mol. The molecule has 0 aliphatic heterocycles. The molecule has 2 N–H and O–H groups in total. The number of carbonyl (C=O) groups is 1. The average Bonchev–Trinajstić information content (AvgIpc) is 2.60. The van der Waals surface area contributed by atoms with Gasteiger partial charge >= 0.3 is 5.97 Å². The number of methoxy groups -OCH3 is 1. The molecule has 1 aromatic heterocycles. The SMILES string of the molecule is COCCNCc1c(C)nn(CC(C)(C)C(=O)O)c1C. The van der Waals surface area contributed by atoms with Crippen LogP contribution in [0.25, 0.3) is 0 Å². The molecule has 6 heteroatoms. The first kappa shape index (κ1) is 16.7. The molecule has 1 heterocycles. The van der Waals surface area contributed by atoms with E-state index in [4.69, 9.17) is 4.74 Å². The highest BCUT2D eigenvalue weighted by atomic mass is 16.5. The fourth-order valence-electron chi connectivity index (χ4n) is 1.97. The van der Waals surface area contributed by atoms with E-state index in [9.17, 15) is 9.90 Å². The first-order valence-corrected chi connectivity index (χ1v) is 6.75. The molecule has 0 fully saturated rings.